The second kappa shape index (κ2) is 6.10. The zero-order valence-corrected chi connectivity index (χ0v) is 11.1. The number of amides is 1. The van der Waals surface area contributed by atoms with E-state index in [0.717, 1.165) is 32.4 Å². The zero-order valence-electron chi connectivity index (χ0n) is 10.3. The molecule has 1 fully saturated rings. The highest BCUT2D eigenvalue weighted by Gasteiger charge is 2.25. The first kappa shape index (κ1) is 12.5. The number of hydrogen-bond donors (Lipinski definition) is 0. The minimum Gasteiger partial charge on any atom is -0.342 e. The van der Waals surface area contributed by atoms with Crippen molar-refractivity contribution < 1.29 is 4.79 Å². The molecule has 2 rings (SSSR count). The van der Waals surface area contributed by atoms with E-state index < -0.39 is 0 Å². The Morgan fingerprint density at radius 1 is 1.29 bits per heavy atom. The van der Waals surface area contributed by atoms with E-state index in [2.05, 4.69) is 12.1 Å². The predicted octanol–water partition coefficient (Wildman–Crippen LogP) is 2.58. The van der Waals surface area contributed by atoms with Gasteiger partial charge in [0.25, 0.3) is 0 Å². The molecule has 1 aliphatic heterocycles. The van der Waals surface area contributed by atoms with Crippen molar-refractivity contribution in [3.63, 3.8) is 0 Å². The third-order valence-corrected chi connectivity index (χ3v) is 4.18. The zero-order chi connectivity index (χ0) is 12.1. The van der Waals surface area contributed by atoms with E-state index in [1.807, 2.05) is 29.4 Å². The topological polar surface area (TPSA) is 20.3 Å². The maximum atomic E-state index is 12.3. The molecule has 17 heavy (non-hydrogen) atoms. The molecule has 1 unspecified atom stereocenters. The summed E-state index contributed by atoms with van der Waals surface area (Å²) >= 11 is 1.67. The van der Waals surface area contributed by atoms with Crippen LogP contribution in [0.3, 0.4) is 0 Å². The van der Waals surface area contributed by atoms with Crippen LogP contribution in [-0.4, -0.2) is 35.4 Å². The molecule has 1 heterocycles. The van der Waals surface area contributed by atoms with Gasteiger partial charge in [-0.15, -0.1) is 0 Å². The quantitative estimate of drug-likeness (QED) is 0.817. The Bertz CT molecular complexity index is 360. The van der Waals surface area contributed by atoms with Gasteiger partial charge in [-0.25, -0.2) is 0 Å². The summed E-state index contributed by atoms with van der Waals surface area (Å²) in [4.78, 5) is 14.3. The van der Waals surface area contributed by atoms with Crippen molar-refractivity contribution in [1.82, 2.24) is 4.90 Å². The number of carbonyl (C=O) groups excluding carboxylic acids is 1. The summed E-state index contributed by atoms with van der Waals surface area (Å²) in [6.07, 6.45) is 5.20. The molecule has 3 heteroatoms. The Hall–Kier alpha value is -0.960. The maximum Gasteiger partial charge on any atom is 0.236 e. The maximum absolute atomic E-state index is 12.3. The fourth-order valence-corrected chi connectivity index (χ4v) is 2.95. The average Bonchev–Trinajstić information content (AvgIpc) is 2.90. The second-order valence-corrected chi connectivity index (χ2v) is 5.49. The smallest absolute Gasteiger partial charge is 0.236 e. The third kappa shape index (κ3) is 3.25. The Morgan fingerprint density at radius 3 is 2.53 bits per heavy atom. The summed E-state index contributed by atoms with van der Waals surface area (Å²) < 4.78 is 0. The molecule has 1 amide bonds. The van der Waals surface area contributed by atoms with Crippen LogP contribution >= 0.6 is 11.8 Å². The van der Waals surface area contributed by atoms with Gasteiger partial charge < -0.3 is 4.90 Å². The monoisotopic (exact) mass is 249 g/mol. The SMILES string of the molecule is CSC(Cc1ccccc1)C(=O)N1CCCC1. The molecule has 0 bridgehead atoms. The summed E-state index contributed by atoms with van der Waals surface area (Å²) in [7, 11) is 0. The van der Waals surface area contributed by atoms with Gasteiger partial charge in [-0.3, -0.25) is 4.79 Å². The van der Waals surface area contributed by atoms with Crippen LogP contribution in [0.4, 0.5) is 0 Å². The molecule has 0 radical (unpaired) electrons. The number of hydrogen-bond acceptors (Lipinski definition) is 2. The third-order valence-electron chi connectivity index (χ3n) is 3.24. The molecule has 1 aliphatic rings. The Morgan fingerprint density at radius 2 is 1.94 bits per heavy atom. The van der Waals surface area contributed by atoms with E-state index in [-0.39, 0.29) is 5.25 Å². The van der Waals surface area contributed by atoms with Gasteiger partial charge in [0.05, 0.1) is 5.25 Å². The first-order valence-corrected chi connectivity index (χ1v) is 7.45. The first-order valence-electron chi connectivity index (χ1n) is 6.17. The minimum absolute atomic E-state index is 0.0792. The number of rotatable bonds is 4. The van der Waals surface area contributed by atoms with Crippen LogP contribution in [0.15, 0.2) is 30.3 Å². The lowest BCUT2D eigenvalue weighted by molar-refractivity contribution is -0.129. The van der Waals surface area contributed by atoms with Crippen LogP contribution in [0.2, 0.25) is 0 Å². The highest BCUT2D eigenvalue weighted by Crippen LogP contribution is 2.19. The Labute approximate surface area is 107 Å². The fourth-order valence-electron chi connectivity index (χ4n) is 2.24. The van der Waals surface area contributed by atoms with Crippen molar-refractivity contribution in [2.75, 3.05) is 19.3 Å². The summed E-state index contributed by atoms with van der Waals surface area (Å²) in [5.41, 5.74) is 1.25. The normalized spacial score (nSPS) is 17.1. The molecule has 2 nitrogen and oxygen atoms in total. The van der Waals surface area contributed by atoms with E-state index in [0.29, 0.717) is 5.91 Å². The van der Waals surface area contributed by atoms with Gasteiger partial charge in [0.1, 0.15) is 0 Å². The molecule has 0 aliphatic carbocycles. The fraction of sp³-hybridized carbons (Fsp3) is 0.500. The first-order chi connectivity index (χ1) is 8.31. The number of thioether (sulfide) groups is 1. The largest absolute Gasteiger partial charge is 0.342 e. The molecule has 1 saturated heterocycles. The number of nitrogens with zero attached hydrogens (tertiary/aromatic N) is 1. The molecular formula is C14H19NOS. The van der Waals surface area contributed by atoms with Crippen LogP contribution in [-0.2, 0) is 11.2 Å². The minimum atomic E-state index is 0.0792. The van der Waals surface area contributed by atoms with Crippen LogP contribution in [0.1, 0.15) is 18.4 Å². The second-order valence-electron chi connectivity index (χ2n) is 4.45. The van der Waals surface area contributed by atoms with Crippen molar-refractivity contribution in [1.29, 1.82) is 0 Å². The molecule has 0 saturated carbocycles. The lowest BCUT2D eigenvalue weighted by atomic mass is 10.1. The van der Waals surface area contributed by atoms with Gasteiger partial charge in [0.15, 0.2) is 0 Å². The Kier molecular flexibility index (Phi) is 4.49. The van der Waals surface area contributed by atoms with Crippen molar-refractivity contribution in [2.24, 2.45) is 0 Å². The highest BCUT2D eigenvalue weighted by molar-refractivity contribution is 7.99. The van der Waals surface area contributed by atoms with E-state index in [9.17, 15) is 4.79 Å². The average molecular weight is 249 g/mol. The van der Waals surface area contributed by atoms with E-state index >= 15 is 0 Å². The number of carbonyl (C=O) groups is 1. The van der Waals surface area contributed by atoms with Crippen LogP contribution < -0.4 is 0 Å². The van der Waals surface area contributed by atoms with Gasteiger partial charge in [-0.2, -0.15) is 11.8 Å². The van der Waals surface area contributed by atoms with Crippen molar-refractivity contribution in [3.8, 4) is 0 Å². The molecule has 0 N–H and O–H groups in total. The van der Waals surface area contributed by atoms with Crippen molar-refractivity contribution in [3.05, 3.63) is 35.9 Å². The van der Waals surface area contributed by atoms with Crippen LogP contribution in [0.5, 0.6) is 0 Å². The summed E-state index contributed by atoms with van der Waals surface area (Å²) in [5.74, 6) is 0.318. The predicted molar refractivity (Wildman–Crippen MR) is 73.3 cm³/mol. The lowest BCUT2D eigenvalue weighted by Gasteiger charge is -2.21. The number of benzene rings is 1. The van der Waals surface area contributed by atoms with Crippen LogP contribution in [0, 0.1) is 0 Å². The van der Waals surface area contributed by atoms with Crippen LogP contribution in [0.25, 0.3) is 0 Å². The van der Waals surface area contributed by atoms with Gasteiger partial charge in [0.2, 0.25) is 5.91 Å². The summed E-state index contributed by atoms with van der Waals surface area (Å²) in [6.45, 7) is 1.90. The van der Waals surface area contributed by atoms with Crippen molar-refractivity contribution >= 4 is 17.7 Å². The van der Waals surface area contributed by atoms with Gasteiger partial charge in [0, 0.05) is 13.1 Å². The molecule has 0 aromatic heterocycles. The molecule has 1 atom stereocenters. The summed E-state index contributed by atoms with van der Waals surface area (Å²) in [6, 6.07) is 10.3. The van der Waals surface area contributed by atoms with Gasteiger partial charge in [-0.05, 0) is 31.1 Å². The van der Waals surface area contributed by atoms with E-state index in [4.69, 9.17) is 0 Å². The van der Waals surface area contributed by atoms with Gasteiger partial charge >= 0.3 is 0 Å². The van der Waals surface area contributed by atoms with E-state index in [1.54, 1.807) is 11.8 Å². The lowest BCUT2D eigenvalue weighted by Crippen LogP contribution is -2.36. The van der Waals surface area contributed by atoms with Gasteiger partial charge in [-0.1, -0.05) is 30.3 Å². The Balaban J connectivity index is 1.98. The molecular weight excluding hydrogens is 230 g/mol. The number of likely N-dealkylation sites (tertiary alicyclic amines) is 1. The summed E-state index contributed by atoms with van der Waals surface area (Å²) in [5, 5.41) is 0.0792. The van der Waals surface area contributed by atoms with Crippen molar-refractivity contribution in [2.45, 2.75) is 24.5 Å². The van der Waals surface area contributed by atoms with E-state index in [1.165, 1.54) is 5.56 Å². The molecule has 1 aromatic rings. The molecule has 92 valence electrons. The molecule has 0 spiro atoms. The standard InChI is InChI=1S/C14H19NOS/c1-17-13(11-12-7-3-2-4-8-12)14(16)15-9-5-6-10-15/h2-4,7-8,13H,5-6,9-11H2,1H3. The molecule has 1 aromatic carbocycles. The highest BCUT2D eigenvalue weighted by atomic mass is 32.2.